The van der Waals surface area contributed by atoms with Crippen LogP contribution in [-0.2, 0) is 16.0 Å². The first kappa shape index (κ1) is 14.9. The molecule has 1 aliphatic heterocycles. The molecule has 0 aromatic carbocycles. The molecule has 5 nitrogen and oxygen atoms in total. The first-order valence-electron chi connectivity index (χ1n) is 7.18. The Balaban J connectivity index is 1.63. The van der Waals surface area contributed by atoms with Crippen molar-refractivity contribution in [3.63, 3.8) is 0 Å². The first-order chi connectivity index (χ1) is 9.78. The monoisotopic (exact) mass is 277 g/mol. The third kappa shape index (κ3) is 4.90. The van der Waals surface area contributed by atoms with Crippen molar-refractivity contribution in [2.45, 2.75) is 12.8 Å². The van der Waals surface area contributed by atoms with Gasteiger partial charge < -0.3 is 14.5 Å². The van der Waals surface area contributed by atoms with Crippen molar-refractivity contribution in [2.75, 3.05) is 46.4 Å². The fourth-order valence-electron chi connectivity index (χ4n) is 2.42. The highest BCUT2D eigenvalue weighted by atomic mass is 16.5. The minimum absolute atomic E-state index is 0.121. The van der Waals surface area contributed by atoms with Crippen LogP contribution in [0.4, 0.5) is 0 Å². The Morgan fingerprint density at radius 3 is 2.55 bits per heavy atom. The molecule has 5 heteroatoms. The lowest BCUT2D eigenvalue weighted by molar-refractivity contribution is -0.141. The van der Waals surface area contributed by atoms with Gasteiger partial charge in [-0.2, -0.15) is 0 Å². The lowest BCUT2D eigenvalue weighted by Gasteiger charge is -2.34. The summed E-state index contributed by atoms with van der Waals surface area (Å²) in [6, 6.07) is 4.11. The standard InChI is InChI=1S/C15H23N3O2/c1-20-15(19)5-8-18-11-9-17(10-12-18)7-4-14-3-2-6-16-13-14/h2-3,6,13H,4-5,7-12H2,1H3. The predicted molar refractivity (Wildman–Crippen MR) is 77.5 cm³/mol. The van der Waals surface area contributed by atoms with E-state index >= 15 is 0 Å². The minimum atomic E-state index is -0.121. The fourth-order valence-corrected chi connectivity index (χ4v) is 2.42. The molecule has 0 radical (unpaired) electrons. The summed E-state index contributed by atoms with van der Waals surface area (Å²) in [5.41, 5.74) is 1.29. The lowest BCUT2D eigenvalue weighted by atomic mass is 10.2. The Labute approximate surface area is 120 Å². The van der Waals surface area contributed by atoms with Gasteiger partial charge in [-0.3, -0.25) is 9.78 Å². The smallest absolute Gasteiger partial charge is 0.306 e. The molecule has 1 aromatic rings. The summed E-state index contributed by atoms with van der Waals surface area (Å²) in [5, 5.41) is 0. The van der Waals surface area contributed by atoms with Gasteiger partial charge in [-0.25, -0.2) is 0 Å². The zero-order valence-electron chi connectivity index (χ0n) is 12.1. The number of piperazine rings is 1. The van der Waals surface area contributed by atoms with Crippen LogP contribution in [0.5, 0.6) is 0 Å². The van der Waals surface area contributed by atoms with Gasteiger partial charge in [0.1, 0.15) is 0 Å². The fraction of sp³-hybridized carbons (Fsp3) is 0.600. The van der Waals surface area contributed by atoms with E-state index in [1.54, 1.807) is 0 Å². The highest BCUT2D eigenvalue weighted by Crippen LogP contribution is 2.05. The minimum Gasteiger partial charge on any atom is -0.469 e. The average Bonchev–Trinajstić information content (AvgIpc) is 2.52. The maximum absolute atomic E-state index is 11.1. The van der Waals surface area contributed by atoms with Crippen molar-refractivity contribution in [3.05, 3.63) is 30.1 Å². The Hall–Kier alpha value is -1.46. The molecule has 20 heavy (non-hydrogen) atoms. The van der Waals surface area contributed by atoms with Crippen LogP contribution in [0.2, 0.25) is 0 Å². The number of esters is 1. The van der Waals surface area contributed by atoms with Crippen LogP contribution in [0, 0.1) is 0 Å². The van der Waals surface area contributed by atoms with Gasteiger partial charge in [0, 0.05) is 51.7 Å². The molecule has 0 aliphatic carbocycles. The molecule has 0 unspecified atom stereocenters. The Morgan fingerprint density at radius 2 is 1.95 bits per heavy atom. The van der Waals surface area contributed by atoms with Gasteiger partial charge in [0.2, 0.25) is 0 Å². The molecule has 2 heterocycles. The molecule has 0 N–H and O–H groups in total. The van der Waals surface area contributed by atoms with E-state index in [9.17, 15) is 4.79 Å². The number of nitrogens with zero attached hydrogens (tertiary/aromatic N) is 3. The molecule has 1 saturated heterocycles. The summed E-state index contributed by atoms with van der Waals surface area (Å²) in [5.74, 6) is -0.121. The number of hydrogen-bond acceptors (Lipinski definition) is 5. The zero-order valence-corrected chi connectivity index (χ0v) is 12.1. The molecule has 1 aliphatic rings. The molecule has 0 saturated carbocycles. The number of aromatic nitrogens is 1. The molecule has 110 valence electrons. The number of pyridine rings is 1. The average molecular weight is 277 g/mol. The van der Waals surface area contributed by atoms with Crippen molar-refractivity contribution in [1.82, 2.24) is 14.8 Å². The van der Waals surface area contributed by atoms with E-state index in [0.29, 0.717) is 6.42 Å². The molecular weight excluding hydrogens is 254 g/mol. The van der Waals surface area contributed by atoms with Crippen molar-refractivity contribution in [1.29, 1.82) is 0 Å². The summed E-state index contributed by atoms with van der Waals surface area (Å²) in [6.07, 6.45) is 5.29. The molecular formula is C15H23N3O2. The number of carbonyl (C=O) groups excluding carboxylic acids is 1. The van der Waals surface area contributed by atoms with Gasteiger partial charge in [-0.1, -0.05) is 6.07 Å². The van der Waals surface area contributed by atoms with Crippen LogP contribution in [0.1, 0.15) is 12.0 Å². The highest BCUT2D eigenvalue weighted by molar-refractivity contribution is 5.69. The Kier molecular flexibility index (Phi) is 5.95. The number of methoxy groups -OCH3 is 1. The molecule has 0 bridgehead atoms. The maximum atomic E-state index is 11.1. The second-order valence-corrected chi connectivity index (χ2v) is 5.12. The summed E-state index contributed by atoms with van der Waals surface area (Å²) in [4.78, 5) is 20.1. The van der Waals surface area contributed by atoms with E-state index < -0.39 is 0 Å². The first-order valence-corrected chi connectivity index (χ1v) is 7.18. The van der Waals surface area contributed by atoms with Crippen LogP contribution >= 0.6 is 0 Å². The second kappa shape index (κ2) is 7.97. The molecule has 1 fully saturated rings. The molecule has 1 aromatic heterocycles. The SMILES string of the molecule is COC(=O)CCN1CCN(CCc2cccnc2)CC1. The van der Waals surface area contributed by atoms with E-state index in [0.717, 1.165) is 45.7 Å². The largest absolute Gasteiger partial charge is 0.469 e. The normalized spacial score (nSPS) is 17.1. The topological polar surface area (TPSA) is 45.7 Å². The van der Waals surface area contributed by atoms with Crippen LogP contribution < -0.4 is 0 Å². The van der Waals surface area contributed by atoms with E-state index in [-0.39, 0.29) is 5.97 Å². The summed E-state index contributed by atoms with van der Waals surface area (Å²) >= 11 is 0. The van der Waals surface area contributed by atoms with Crippen molar-refractivity contribution in [2.24, 2.45) is 0 Å². The predicted octanol–water partition coefficient (Wildman–Crippen LogP) is 0.805. The van der Waals surface area contributed by atoms with Gasteiger partial charge in [-0.15, -0.1) is 0 Å². The third-order valence-electron chi connectivity index (χ3n) is 3.76. The quantitative estimate of drug-likeness (QED) is 0.720. The number of ether oxygens (including phenoxy) is 1. The Bertz CT molecular complexity index is 403. The van der Waals surface area contributed by atoms with Gasteiger partial charge >= 0.3 is 5.97 Å². The lowest BCUT2D eigenvalue weighted by Crippen LogP contribution is -2.47. The van der Waals surface area contributed by atoms with E-state index in [1.165, 1.54) is 12.7 Å². The van der Waals surface area contributed by atoms with E-state index in [2.05, 4.69) is 25.6 Å². The second-order valence-electron chi connectivity index (χ2n) is 5.12. The Morgan fingerprint density at radius 1 is 1.25 bits per heavy atom. The van der Waals surface area contributed by atoms with Crippen molar-refractivity contribution >= 4 is 5.97 Å². The number of carbonyl (C=O) groups is 1. The third-order valence-corrected chi connectivity index (χ3v) is 3.76. The van der Waals surface area contributed by atoms with Crippen LogP contribution in [0.3, 0.4) is 0 Å². The summed E-state index contributed by atoms with van der Waals surface area (Å²) < 4.78 is 4.67. The zero-order chi connectivity index (χ0) is 14.2. The number of hydrogen-bond donors (Lipinski definition) is 0. The molecule has 0 amide bonds. The van der Waals surface area contributed by atoms with Crippen molar-refractivity contribution in [3.8, 4) is 0 Å². The van der Waals surface area contributed by atoms with E-state index in [4.69, 9.17) is 0 Å². The van der Waals surface area contributed by atoms with Crippen molar-refractivity contribution < 1.29 is 9.53 Å². The number of rotatable bonds is 6. The summed E-state index contributed by atoms with van der Waals surface area (Å²) in [7, 11) is 1.44. The molecule has 0 atom stereocenters. The summed E-state index contributed by atoms with van der Waals surface area (Å²) in [6.45, 7) is 6.09. The maximum Gasteiger partial charge on any atom is 0.306 e. The van der Waals surface area contributed by atoms with Crippen LogP contribution in [0.15, 0.2) is 24.5 Å². The van der Waals surface area contributed by atoms with Crippen LogP contribution in [-0.4, -0.2) is 67.1 Å². The van der Waals surface area contributed by atoms with Gasteiger partial charge in [-0.05, 0) is 18.1 Å². The molecule has 2 rings (SSSR count). The highest BCUT2D eigenvalue weighted by Gasteiger charge is 2.17. The van der Waals surface area contributed by atoms with Gasteiger partial charge in [0.15, 0.2) is 0 Å². The van der Waals surface area contributed by atoms with Gasteiger partial charge in [0.05, 0.1) is 13.5 Å². The molecule has 0 spiro atoms. The van der Waals surface area contributed by atoms with Crippen LogP contribution in [0.25, 0.3) is 0 Å². The van der Waals surface area contributed by atoms with Gasteiger partial charge in [0.25, 0.3) is 0 Å². The van der Waals surface area contributed by atoms with E-state index in [1.807, 2.05) is 18.5 Å².